The molecule has 81 valence electrons. The van der Waals surface area contributed by atoms with Crippen LogP contribution in [0.4, 0.5) is 0 Å². The van der Waals surface area contributed by atoms with E-state index in [0.29, 0.717) is 19.6 Å². The second kappa shape index (κ2) is 6.84. The van der Waals surface area contributed by atoms with E-state index in [1.165, 1.54) is 0 Å². The first-order chi connectivity index (χ1) is 6.08. The van der Waals surface area contributed by atoms with Crippen LogP contribution in [0, 0.1) is 0 Å². The second-order valence-electron chi connectivity index (χ2n) is 2.73. The van der Waals surface area contributed by atoms with Crippen LogP contribution in [0.2, 0.25) is 0 Å². The van der Waals surface area contributed by atoms with Gasteiger partial charge in [0.15, 0.2) is 0 Å². The van der Waals surface area contributed by atoms with Crippen LogP contribution in [0.15, 0.2) is 0 Å². The van der Waals surface area contributed by atoms with Gasteiger partial charge >= 0.3 is 84.6 Å². The third-order valence-corrected chi connectivity index (χ3v) is 8.32. The molecule has 0 amide bonds. The average molecular weight is 273 g/mol. The summed E-state index contributed by atoms with van der Waals surface area (Å²) in [5.74, 6) is 0. The molecular formula is C6H21MoN6. The van der Waals surface area contributed by atoms with E-state index < -0.39 is 17.3 Å². The Bertz CT molecular complexity index is 111. The Morgan fingerprint density at radius 1 is 0.692 bits per heavy atom. The molecule has 0 spiro atoms. The van der Waals surface area contributed by atoms with Gasteiger partial charge in [-0.25, -0.2) is 0 Å². The van der Waals surface area contributed by atoms with Crippen LogP contribution >= 0.6 is 0 Å². The summed E-state index contributed by atoms with van der Waals surface area (Å²) < 4.78 is -0.206. The first-order valence-corrected chi connectivity index (χ1v) is 7.63. The fourth-order valence-corrected chi connectivity index (χ4v) is 5.96. The Labute approximate surface area is 84.9 Å². The summed E-state index contributed by atoms with van der Waals surface area (Å²) in [4.78, 5) is 0. The van der Waals surface area contributed by atoms with E-state index >= 15 is 0 Å². The molecule has 0 saturated carbocycles. The molecule has 0 aromatic rings. The van der Waals surface area contributed by atoms with Crippen molar-refractivity contribution in [1.29, 1.82) is 0 Å². The Kier molecular flexibility index (Phi) is 7.07. The zero-order valence-corrected chi connectivity index (χ0v) is 9.73. The van der Waals surface area contributed by atoms with E-state index in [9.17, 15) is 0 Å². The molecule has 0 fully saturated rings. The molecule has 0 saturated heterocycles. The van der Waals surface area contributed by atoms with Crippen molar-refractivity contribution in [2.45, 2.75) is 13.3 Å². The molecule has 0 aliphatic heterocycles. The minimum absolute atomic E-state index is 0.0688. The average Bonchev–Trinajstić information content (AvgIpc) is 2.16. The number of hydrogen-bond donors (Lipinski definition) is 6. The molecule has 0 aliphatic rings. The first-order valence-electron chi connectivity index (χ1n) is 4.16. The molecule has 3 unspecified atom stereocenters. The molecule has 0 rings (SSSR count). The van der Waals surface area contributed by atoms with Crippen LogP contribution in [0.1, 0.15) is 0 Å². The van der Waals surface area contributed by atoms with Gasteiger partial charge in [-0.3, -0.25) is 0 Å². The second-order valence-corrected chi connectivity index (χ2v) is 9.20. The molecule has 13 heavy (non-hydrogen) atoms. The van der Waals surface area contributed by atoms with Crippen molar-refractivity contribution >= 4 is 0 Å². The van der Waals surface area contributed by atoms with Gasteiger partial charge in [0.1, 0.15) is 0 Å². The van der Waals surface area contributed by atoms with E-state index in [1.807, 2.05) is 0 Å². The van der Waals surface area contributed by atoms with Gasteiger partial charge in [0.2, 0.25) is 0 Å². The first kappa shape index (κ1) is 13.4. The van der Waals surface area contributed by atoms with E-state index in [0.717, 1.165) is 0 Å². The van der Waals surface area contributed by atoms with Gasteiger partial charge < -0.3 is 0 Å². The standard InChI is InChI=1S/3C2H7N2.Mo/c3*3-1-2-4;/h3*1H,2-4H2;. The molecule has 0 aromatic heterocycles. The summed E-state index contributed by atoms with van der Waals surface area (Å²) >= 11 is -1.88. The Morgan fingerprint density at radius 2 is 0.923 bits per heavy atom. The fraction of sp³-hybridized carbons (Fsp3) is 1.00. The van der Waals surface area contributed by atoms with Gasteiger partial charge in [-0.2, -0.15) is 0 Å². The van der Waals surface area contributed by atoms with Crippen LogP contribution < -0.4 is 34.4 Å². The SMILES string of the molecule is NC[CH](N)[Mo]([CH](N)CN)[CH](N)CN. The molecule has 3 atom stereocenters. The summed E-state index contributed by atoms with van der Waals surface area (Å²) in [5.41, 5.74) is 34.0. The summed E-state index contributed by atoms with van der Waals surface area (Å²) in [6, 6.07) is 0. The Morgan fingerprint density at radius 3 is 1.08 bits per heavy atom. The predicted molar refractivity (Wildman–Crippen MR) is 51.1 cm³/mol. The summed E-state index contributed by atoms with van der Waals surface area (Å²) in [6.07, 6.45) is 0. The van der Waals surface area contributed by atoms with Gasteiger partial charge in [-0.15, -0.1) is 0 Å². The van der Waals surface area contributed by atoms with Crippen molar-refractivity contribution < 1.29 is 17.3 Å². The van der Waals surface area contributed by atoms with Crippen molar-refractivity contribution in [3.05, 3.63) is 0 Å². The van der Waals surface area contributed by atoms with Gasteiger partial charge in [0.25, 0.3) is 0 Å². The molecular weight excluding hydrogens is 252 g/mol. The molecule has 0 aromatic carbocycles. The number of rotatable bonds is 6. The molecule has 6 nitrogen and oxygen atoms in total. The van der Waals surface area contributed by atoms with Gasteiger partial charge in [0, 0.05) is 0 Å². The van der Waals surface area contributed by atoms with Crippen molar-refractivity contribution in [2.24, 2.45) is 34.4 Å². The molecule has 0 aliphatic carbocycles. The monoisotopic (exact) mass is 275 g/mol. The van der Waals surface area contributed by atoms with E-state index in [1.54, 1.807) is 0 Å². The quantitative estimate of drug-likeness (QED) is 0.274. The predicted octanol–water partition coefficient (Wildman–Crippen LogP) is -3.66. The molecule has 12 N–H and O–H groups in total. The minimum atomic E-state index is -1.88. The van der Waals surface area contributed by atoms with E-state index in [4.69, 9.17) is 34.4 Å². The summed E-state index contributed by atoms with van der Waals surface area (Å²) in [7, 11) is 0. The fourth-order valence-electron chi connectivity index (χ4n) is 1.01. The summed E-state index contributed by atoms with van der Waals surface area (Å²) in [5, 5.41) is 0. The maximum atomic E-state index is 5.85. The molecule has 7 heteroatoms. The molecule has 0 heterocycles. The van der Waals surface area contributed by atoms with Crippen LogP contribution in [-0.4, -0.2) is 32.9 Å². The third kappa shape index (κ3) is 3.99. The molecule has 0 radical (unpaired) electrons. The zero-order valence-electron chi connectivity index (χ0n) is 7.73. The van der Waals surface area contributed by atoms with Gasteiger partial charge in [-0.1, -0.05) is 0 Å². The van der Waals surface area contributed by atoms with Crippen LogP contribution in [0.5, 0.6) is 0 Å². The zero-order chi connectivity index (χ0) is 10.4. The van der Waals surface area contributed by atoms with E-state index in [-0.39, 0.29) is 13.3 Å². The third-order valence-electron chi connectivity index (χ3n) is 1.75. The van der Waals surface area contributed by atoms with Gasteiger partial charge in [-0.05, 0) is 0 Å². The van der Waals surface area contributed by atoms with Crippen LogP contribution in [0.25, 0.3) is 0 Å². The normalized spacial score (nSPS) is 18.7. The summed E-state index contributed by atoms with van der Waals surface area (Å²) in [6.45, 7) is 1.24. The van der Waals surface area contributed by atoms with Crippen molar-refractivity contribution in [3.8, 4) is 0 Å². The topological polar surface area (TPSA) is 156 Å². The van der Waals surface area contributed by atoms with E-state index in [2.05, 4.69) is 0 Å². The number of hydrogen-bond acceptors (Lipinski definition) is 6. The Hall–Kier alpha value is 0.448. The van der Waals surface area contributed by atoms with Crippen molar-refractivity contribution in [2.75, 3.05) is 19.6 Å². The van der Waals surface area contributed by atoms with Crippen LogP contribution in [0.3, 0.4) is 0 Å². The molecule has 0 bridgehead atoms. The van der Waals surface area contributed by atoms with Crippen molar-refractivity contribution in [3.63, 3.8) is 0 Å². The maximum absolute atomic E-state index is 5.85. The van der Waals surface area contributed by atoms with Crippen molar-refractivity contribution in [1.82, 2.24) is 0 Å². The van der Waals surface area contributed by atoms with Crippen LogP contribution in [-0.2, 0) is 17.3 Å². The van der Waals surface area contributed by atoms with Gasteiger partial charge in [0.05, 0.1) is 0 Å². The number of nitrogens with two attached hydrogens (primary N) is 6. The Balaban J connectivity index is 4.34.